The molecule has 0 spiro atoms. The van der Waals surface area contributed by atoms with Crippen LogP contribution in [0.25, 0.3) is 0 Å². The highest BCUT2D eigenvalue weighted by molar-refractivity contribution is 5.90. The van der Waals surface area contributed by atoms with Crippen molar-refractivity contribution in [3.63, 3.8) is 0 Å². The van der Waals surface area contributed by atoms with Crippen LogP contribution in [0.3, 0.4) is 0 Å². The quantitative estimate of drug-likeness (QED) is 0.676. The molecule has 126 valence electrons. The molecule has 2 fully saturated rings. The number of Topliss-reactive ketones (excluding diaryl/α,β-unsaturated/α-hetero) is 1. The van der Waals surface area contributed by atoms with Crippen LogP contribution >= 0.6 is 0 Å². The van der Waals surface area contributed by atoms with Gasteiger partial charge in [-0.3, -0.25) is 4.79 Å². The molecule has 8 atom stereocenters. The Labute approximate surface area is 138 Å². The molecule has 23 heavy (non-hydrogen) atoms. The number of ketones is 1. The first kappa shape index (κ1) is 15.6. The molecule has 4 aliphatic carbocycles. The highest BCUT2D eigenvalue weighted by atomic mass is 16.3. The molecule has 0 heterocycles. The molecule has 0 aliphatic heterocycles. The number of hydrogen-bond acceptors (Lipinski definition) is 3. The fourth-order valence-electron chi connectivity index (χ4n) is 6.32. The Hall–Kier alpha value is -0.930. The zero-order valence-electron chi connectivity index (χ0n) is 14.3. The summed E-state index contributed by atoms with van der Waals surface area (Å²) in [4.78, 5) is 12.4. The third-order valence-corrected chi connectivity index (χ3v) is 8.13. The summed E-state index contributed by atoms with van der Waals surface area (Å²) in [5.74, 6) is 1.08. The van der Waals surface area contributed by atoms with Gasteiger partial charge in [0.05, 0.1) is 5.60 Å². The summed E-state index contributed by atoms with van der Waals surface area (Å²) in [7, 11) is 0. The summed E-state index contributed by atoms with van der Waals surface area (Å²) in [5.41, 5.74) is -0.794. The zero-order chi connectivity index (χ0) is 16.6. The molecule has 2 saturated carbocycles. The van der Waals surface area contributed by atoms with E-state index in [0.717, 1.165) is 25.7 Å². The van der Waals surface area contributed by atoms with Crippen LogP contribution in [0.15, 0.2) is 24.3 Å². The monoisotopic (exact) mass is 316 g/mol. The number of rotatable bonds is 0. The topological polar surface area (TPSA) is 57.5 Å². The molecule has 3 heteroatoms. The Morgan fingerprint density at radius 3 is 2.48 bits per heavy atom. The summed E-state index contributed by atoms with van der Waals surface area (Å²) in [6, 6.07) is 0. The van der Waals surface area contributed by atoms with Crippen molar-refractivity contribution < 1.29 is 15.0 Å². The van der Waals surface area contributed by atoms with E-state index in [-0.39, 0.29) is 22.5 Å². The lowest BCUT2D eigenvalue weighted by atomic mass is 9.47. The normalized spacial score (nSPS) is 57.8. The van der Waals surface area contributed by atoms with Gasteiger partial charge < -0.3 is 10.2 Å². The van der Waals surface area contributed by atoms with Crippen LogP contribution in [-0.4, -0.2) is 27.7 Å². The van der Waals surface area contributed by atoms with Crippen molar-refractivity contribution in [2.24, 2.45) is 34.5 Å². The van der Waals surface area contributed by atoms with Crippen LogP contribution in [-0.2, 0) is 4.79 Å². The highest BCUT2D eigenvalue weighted by Gasteiger charge is 2.62. The third-order valence-electron chi connectivity index (χ3n) is 8.13. The van der Waals surface area contributed by atoms with Gasteiger partial charge in [-0.1, -0.05) is 38.2 Å². The second kappa shape index (κ2) is 4.58. The predicted octanol–water partition coefficient (Wildman–Crippen LogP) is 2.87. The van der Waals surface area contributed by atoms with Crippen LogP contribution in [0.2, 0.25) is 0 Å². The van der Waals surface area contributed by atoms with Crippen molar-refractivity contribution in [2.75, 3.05) is 0 Å². The summed E-state index contributed by atoms with van der Waals surface area (Å²) in [6.45, 7) is 6.45. The second-order valence-electron chi connectivity index (χ2n) is 8.99. The third kappa shape index (κ3) is 1.81. The minimum Gasteiger partial charge on any atom is -0.390 e. The number of aliphatic hydroxyl groups excluding tert-OH is 1. The van der Waals surface area contributed by atoms with E-state index < -0.39 is 11.7 Å². The van der Waals surface area contributed by atoms with Gasteiger partial charge in [0.25, 0.3) is 0 Å². The van der Waals surface area contributed by atoms with Gasteiger partial charge in [-0.15, -0.1) is 0 Å². The molecule has 0 aromatic carbocycles. The number of carbonyl (C=O) groups is 1. The van der Waals surface area contributed by atoms with Crippen LogP contribution < -0.4 is 0 Å². The SMILES string of the molecule is C[C@]12C=CC(O)C(=O)C1C=C[C@@H]1[C@@H]2CC[C@@]2(C)[C@H]1CC[C@]2(C)O. The summed E-state index contributed by atoms with van der Waals surface area (Å²) in [6.07, 6.45) is 11.1. The molecule has 2 N–H and O–H groups in total. The van der Waals surface area contributed by atoms with Gasteiger partial charge in [-0.2, -0.15) is 0 Å². The van der Waals surface area contributed by atoms with E-state index in [1.54, 1.807) is 6.08 Å². The molecule has 4 rings (SSSR count). The maximum atomic E-state index is 12.4. The van der Waals surface area contributed by atoms with E-state index in [0.29, 0.717) is 17.8 Å². The average Bonchev–Trinajstić information content (AvgIpc) is 2.74. The van der Waals surface area contributed by atoms with E-state index in [9.17, 15) is 15.0 Å². The lowest BCUT2D eigenvalue weighted by Crippen LogP contribution is -2.55. The van der Waals surface area contributed by atoms with Gasteiger partial charge in [0, 0.05) is 11.3 Å². The first-order valence-corrected chi connectivity index (χ1v) is 9.02. The molecule has 0 radical (unpaired) electrons. The van der Waals surface area contributed by atoms with Crippen molar-refractivity contribution in [1.29, 1.82) is 0 Å². The van der Waals surface area contributed by atoms with Crippen molar-refractivity contribution >= 4 is 5.78 Å². The number of allylic oxidation sites excluding steroid dienone is 3. The van der Waals surface area contributed by atoms with Gasteiger partial charge in [0.15, 0.2) is 5.78 Å². The first-order chi connectivity index (χ1) is 10.7. The Morgan fingerprint density at radius 2 is 1.74 bits per heavy atom. The lowest BCUT2D eigenvalue weighted by molar-refractivity contribution is -0.138. The van der Waals surface area contributed by atoms with Gasteiger partial charge in [0.2, 0.25) is 0 Å². The largest absolute Gasteiger partial charge is 0.390 e. The number of hydrogen-bond donors (Lipinski definition) is 2. The maximum Gasteiger partial charge on any atom is 0.172 e. The highest BCUT2D eigenvalue weighted by Crippen LogP contribution is 2.65. The van der Waals surface area contributed by atoms with Gasteiger partial charge >= 0.3 is 0 Å². The second-order valence-corrected chi connectivity index (χ2v) is 8.99. The van der Waals surface area contributed by atoms with E-state index in [4.69, 9.17) is 0 Å². The molecular weight excluding hydrogens is 288 g/mol. The molecule has 2 unspecified atom stereocenters. The number of fused-ring (bicyclic) bond motifs is 5. The fourth-order valence-corrected chi connectivity index (χ4v) is 6.32. The average molecular weight is 316 g/mol. The zero-order valence-corrected chi connectivity index (χ0v) is 14.3. The summed E-state index contributed by atoms with van der Waals surface area (Å²) < 4.78 is 0. The molecule has 0 saturated heterocycles. The Morgan fingerprint density at radius 1 is 1.04 bits per heavy atom. The summed E-state index contributed by atoms with van der Waals surface area (Å²) >= 11 is 0. The maximum absolute atomic E-state index is 12.4. The minimum atomic E-state index is -0.949. The minimum absolute atomic E-state index is 0.0242. The fraction of sp³-hybridized carbons (Fsp3) is 0.750. The van der Waals surface area contributed by atoms with E-state index in [2.05, 4.69) is 32.1 Å². The van der Waals surface area contributed by atoms with Crippen LogP contribution in [0.4, 0.5) is 0 Å². The first-order valence-electron chi connectivity index (χ1n) is 9.02. The van der Waals surface area contributed by atoms with Crippen LogP contribution in [0, 0.1) is 34.5 Å². The standard InChI is InChI=1S/C20H28O3/c1-18-9-8-16(21)17(22)15(18)5-4-12-13(18)6-10-19(2)14(12)7-11-20(19,3)23/h4-5,8-9,12-16,21,23H,6-7,10-11H2,1-3H3/t12-,13+,14+,15?,16?,18-,19+,20+/m1/s1. The van der Waals surface area contributed by atoms with Gasteiger partial charge in [-0.05, 0) is 55.8 Å². The lowest BCUT2D eigenvalue weighted by Gasteiger charge is -2.57. The van der Waals surface area contributed by atoms with Crippen molar-refractivity contribution in [1.82, 2.24) is 0 Å². The Balaban J connectivity index is 1.75. The van der Waals surface area contributed by atoms with E-state index in [1.807, 2.05) is 6.92 Å². The molecule has 0 bridgehead atoms. The molecule has 4 aliphatic rings. The van der Waals surface area contributed by atoms with Crippen molar-refractivity contribution in [3.05, 3.63) is 24.3 Å². The van der Waals surface area contributed by atoms with Crippen molar-refractivity contribution in [3.8, 4) is 0 Å². The van der Waals surface area contributed by atoms with Crippen LogP contribution in [0.1, 0.15) is 46.5 Å². The smallest absolute Gasteiger partial charge is 0.172 e. The van der Waals surface area contributed by atoms with Gasteiger partial charge in [0.1, 0.15) is 6.10 Å². The van der Waals surface area contributed by atoms with Crippen molar-refractivity contribution in [2.45, 2.75) is 58.2 Å². The number of carbonyl (C=O) groups excluding carboxylic acids is 1. The molecule has 0 amide bonds. The molecule has 0 aromatic rings. The summed E-state index contributed by atoms with van der Waals surface area (Å²) in [5, 5.41) is 20.8. The van der Waals surface area contributed by atoms with Gasteiger partial charge in [-0.25, -0.2) is 0 Å². The van der Waals surface area contributed by atoms with Crippen LogP contribution in [0.5, 0.6) is 0 Å². The van der Waals surface area contributed by atoms with E-state index >= 15 is 0 Å². The molecule has 3 nitrogen and oxygen atoms in total. The molecular formula is C20H28O3. The Bertz CT molecular complexity index is 604. The number of aliphatic hydroxyl groups is 2. The van der Waals surface area contributed by atoms with E-state index in [1.165, 1.54) is 0 Å². The Kier molecular flexibility index (Phi) is 3.10. The molecule has 0 aromatic heterocycles. The predicted molar refractivity (Wildman–Crippen MR) is 88.6 cm³/mol.